The minimum atomic E-state index is -0.0323. The first-order valence-corrected chi connectivity index (χ1v) is 4.41. The molecule has 0 radical (unpaired) electrons. The van der Waals surface area contributed by atoms with Gasteiger partial charge in [0.15, 0.2) is 5.78 Å². The predicted molar refractivity (Wildman–Crippen MR) is 46.7 cm³/mol. The first-order chi connectivity index (χ1) is 6.36. The fourth-order valence-corrected chi connectivity index (χ4v) is 1.39. The van der Waals surface area contributed by atoms with E-state index in [1.807, 2.05) is 0 Å². The molecule has 0 aliphatic heterocycles. The average Bonchev–Trinajstić information content (AvgIpc) is 2.74. The van der Waals surface area contributed by atoms with E-state index >= 15 is 0 Å². The molecule has 0 saturated heterocycles. The van der Waals surface area contributed by atoms with Crippen LogP contribution in [0.4, 0.5) is 0 Å². The molecule has 0 unspecified atom stereocenters. The molecule has 0 aromatic carbocycles. The standard InChI is InChI=1S/C8H6N2O2S/c11-8(7-4-9-13-10-7)3-6-1-2-12-5-6/h1-2,4-5H,3H2. The number of aromatic nitrogens is 2. The summed E-state index contributed by atoms with van der Waals surface area (Å²) in [6.07, 6.45) is 4.90. The van der Waals surface area contributed by atoms with E-state index in [1.54, 1.807) is 18.6 Å². The van der Waals surface area contributed by atoms with Crippen molar-refractivity contribution < 1.29 is 9.21 Å². The Morgan fingerprint density at radius 2 is 2.54 bits per heavy atom. The molecule has 0 bridgehead atoms. The molecule has 0 fully saturated rings. The number of rotatable bonds is 3. The van der Waals surface area contributed by atoms with E-state index in [4.69, 9.17) is 4.42 Å². The molecule has 2 aromatic rings. The van der Waals surface area contributed by atoms with Gasteiger partial charge in [0.2, 0.25) is 0 Å². The van der Waals surface area contributed by atoms with Crippen LogP contribution < -0.4 is 0 Å². The lowest BCUT2D eigenvalue weighted by molar-refractivity contribution is 0.0989. The van der Waals surface area contributed by atoms with Crippen molar-refractivity contribution in [2.24, 2.45) is 0 Å². The fraction of sp³-hybridized carbons (Fsp3) is 0.125. The molecular formula is C8H6N2O2S. The van der Waals surface area contributed by atoms with Crippen molar-refractivity contribution in [3.05, 3.63) is 36.0 Å². The number of carbonyl (C=O) groups is 1. The first kappa shape index (κ1) is 8.12. The third-order valence-electron chi connectivity index (χ3n) is 1.59. The van der Waals surface area contributed by atoms with Gasteiger partial charge in [0.25, 0.3) is 0 Å². The van der Waals surface area contributed by atoms with Crippen LogP contribution in [0, 0.1) is 0 Å². The van der Waals surface area contributed by atoms with Gasteiger partial charge < -0.3 is 4.42 Å². The van der Waals surface area contributed by atoms with Gasteiger partial charge in [0.05, 0.1) is 30.5 Å². The van der Waals surface area contributed by atoms with Crippen molar-refractivity contribution in [1.29, 1.82) is 0 Å². The van der Waals surface area contributed by atoms with Crippen molar-refractivity contribution >= 4 is 17.5 Å². The van der Waals surface area contributed by atoms with E-state index in [2.05, 4.69) is 8.75 Å². The van der Waals surface area contributed by atoms with Crippen molar-refractivity contribution in [3.8, 4) is 0 Å². The van der Waals surface area contributed by atoms with Gasteiger partial charge in [0.1, 0.15) is 5.69 Å². The Kier molecular flexibility index (Phi) is 2.18. The number of hydrogen-bond donors (Lipinski definition) is 0. The largest absolute Gasteiger partial charge is 0.472 e. The van der Waals surface area contributed by atoms with Crippen LogP contribution in [-0.2, 0) is 6.42 Å². The Morgan fingerprint density at radius 3 is 3.15 bits per heavy atom. The molecule has 13 heavy (non-hydrogen) atoms. The second kappa shape index (κ2) is 3.49. The Balaban J connectivity index is 2.08. The highest BCUT2D eigenvalue weighted by molar-refractivity contribution is 6.99. The van der Waals surface area contributed by atoms with Crippen LogP contribution in [-0.4, -0.2) is 14.5 Å². The van der Waals surface area contributed by atoms with Crippen molar-refractivity contribution in [2.75, 3.05) is 0 Å². The van der Waals surface area contributed by atoms with Crippen LogP contribution in [0.3, 0.4) is 0 Å². The monoisotopic (exact) mass is 194 g/mol. The van der Waals surface area contributed by atoms with Crippen LogP contribution in [0.5, 0.6) is 0 Å². The summed E-state index contributed by atoms with van der Waals surface area (Å²) < 4.78 is 12.5. The van der Waals surface area contributed by atoms with E-state index in [-0.39, 0.29) is 5.78 Å². The molecule has 0 amide bonds. The van der Waals surface area contributed by atoms with Gasteiger partial charge in [-0.1, -0.05) is 0 Å². The SMILES string of the molecule is O=C(Cc1ccoc1)c1cnsn1. The van der Waals surface area contributed by atoms with E-state index in [1.165, 1.54) is 6.20 Å². The van der Waals surface area contributed by atoms with E-state index in [9.17, 15) is 4.79 Å². The topological polar surface area (TPSA) is 56.0 Å². The summed E-state index contributed by atoms with van der Waals surface area (Å²) in [5.41, 5.74) is 1.28. The highest BCUT2D eigenvalue weighted by Gasteiger charge is 2.09. The molecule has 0 aliphatic rings. The van der Waals surface area contributed by atoms with Crippen LogP contribution in [0.25, 0.3) is 0 Å². The maximum absolute atomic E-state index is 11.4. The Bertz CT molecular complexity index is 380. The minimum absolute atomic E-state index is 0.0323. The highest BCUT2D eigenvalue weighted by Crippen LogP contribution is 2.06. The summed E-state index contributed by atoms with van der Waals surface area (Å²) >= 11 is 1.04. The van der Waals surface area contributed by atoms with Crippen LogP contribution in [0.1, 0.15) is 16.1 Å². The number of carbonyl (C=O) groups excluding carboxylic acids is 1. The van der Waals surface area contributed by atoms with Gasteiger partial charge in [-0.3, -0.25) is 4.79 Å². The van der Waals surface area contributed by atoms with Gasteiger partial charge in [-0.15, -0.1) is 0 Å². The maximum Gasteiger partial charge on any atom is 0.188 e. The third kappa shape index (κ3) is 1.81. The molecule has 0 N–H and O–H groups in total. The third-order valence-corrected chi connectivity index (χ3v) is 2.07. The summed E-state index contributed by atoms with van der Waals surface area (Å²) in [6, 6.07) is 1.76. The Labute approximate surface area is 78.5 Å². The number of furan rings is 1. The number of hydrogen-bond acceptors (Lipinski definition) is 5. The number of Topliss-reactive ketones (excluding diaryl/α,β-unsaturated/α-hetero) is 1. The van der Waals surface area contributed by atoms with Gasteiger partial charge >= 0.3 is 0 Å². The predicted octanol–water partition coefficient (Wildman–Crippen LogP) is 1.56. The van der Waals surface area contributed by atoms with Crippen molar-refractivity contribution in [2.45, 2.75) is 6.42 Å². The zero-order valence-corrected chi connectivity index (χ0v) is 7.45. The zero-order valence-electron chi connectivity index (χ0n) is 6.64. The summed E-state index contributed by atoms with van der Waals surface area (Å²) in [5.74, 6) is -0.0323. The van der Waals surface area contributed by atoms with Crippen LogP contribution in [0.2, 0.25) is 0 Å². The Morgan fingerprint density at radius 1 is 1.62 bits per heavy atom. The lowest BCUT2D eigenvalue weighted by Gasteiger charge is -1.90. The molecule has 4 nitrogen and oxygen atoms in total. The zero-order chi connectivity index (χ0) is 9.10. The van der Waals surface area contributed by atoms with Gasteiger partial charge in [-0.05, 0) is 11.6 Å². The molecule has 2 aromatic heterocycles. The average molecular weight is 194 g/mol. The number of ketones is 1. The first-order valence-electron chi connectivity index (χ1n) is 3.68. The van der Waals surface area contributed by atoms with Crippen LogP contribution in [0.15, 0.2) is 29.2 Å². The maximum atomic E-state index is 11.4. The molecule has 0 spiro atoms. The lowest BCUT2D eigenvalue weighted by atomic mass is 10.1. The molecule has 0 atom stereocenters. The Hall–Kier alpha value is -1.49. The van der Waals surface area contributed by atoms with Gasteiger partial charge in [-0.2, -0.15) is 8.75 Å². The van der Waals surface area contributed by atoms with Crippen molar-refractivity contribution in [1.82, 2.24) is 8.75 Å². The molecule has 66 valence electrons. The lowest BCUT2D eigenvalue weighted by Crippen LogP contribution is -2.02. The minimum Gasteiger partial charge on any atom is -0.472 e. The normalized spacial score (nSPS) is 10.2. The van der Waals surface area contributed by atoms with Gasteiger partial charge in [0, 0.05) is 6.42 Å². The molecule has 5 heteroatoms. The second-order valence-corrected chi connectivity index (χ2v) is 3.08. The number of nitrogens with zero attached hydrogens (tertiary/aromatic N) is 2. The highest BCUT2D eigenvalue weighted by atomic mass is 32.1. The van der Waals surface area contributed by atoms with E-state index in [0.29, 0.717) is 12.1 Å². The fourth-order valence-electron chi connectivity index (χ4n) is 0.957. The summed E-state index contributed by atoms with van der Waals surface area (Å²) in [7, 11) is 0. The summed E-state index contributed by atoms with van der Waals surface area (Å²) in [5, 5.41) is 0. The molecule has 0 saturated carbocycles. The van der Waals surface area contributed by atoms with E-state index < -0.39 is 0 Å². The van der Waals surface area contributed by atoms with Crippen LogP contribution >= 0.6 is 11.7 Å². The quantitative estimate of drug-likeness (QED) is 0.696. The summed E-state index contributed by atoms with van der Waals surface area (Å²) in [4.78, 5) is 11.4. The summed E-state index contributed by atoms with van der Waals surface area (Å²) in [6.45, 7) is 0. The molecule has 2 heterocycles. The molecule has 2 rings (SSSR count). The second-order valence-electron chi connectivity index (χ2n) is 2.52. The molecular weight excluding hydrogens is 188 g/mol. The van der Waals surface area contributed by atoms with E-state index in [0.717, 1.165) is 17.3 Å². The van der Waals surface area contributed by atoms with Crippen molar-refractivity contribution in [3.63, 3.8) is 0 Å². The molecule has 0 aliphatic carbocycles. The smallest absolute Gasteiger partial charge is 0.188 e. The van der Waals surface area contributed by atoms with Gasteiger partial charge in [-0.25, -0.2) is 0 Å².